The van der Waals surface area contributed by atoms with Crippen molar-refractivity contribution in [2.24, 2.45) is 11.8 Å². The maximum absolute atomic E-state index is 12.9. The molecular weight excluding hydrogens is 326 g/mol. The first-order chi connectivity index (χ1) is 12.7. The molecule has 3 rings (SSSR count). The smallest absolute Gasteiger partial charge is 0.227 e. The van der Waals surface area contributed by atoms with Gasteiger partial charge in [0.25, 0.3) is 0 Å². The molecule has 0 atom stereocenters. The Morgan fingerprint density at radius 1 is 1.08 bits per heavy atom. The highest BCUT2D eigenvalue weighted by Crippen LogP contribution is 2.35. The second-order valence-electron chi connectivity index (χ2n) is 7.72. The third kappa shape index (κ3) is 4.47. The summed E-state index contributed by atoms with van der Waals surface area (Å²) in [5.41, 5.74) is 5.59. The molecule has 6 nitrogen and oxygen atoms in total. The minimum absolute atomic E-state index is 0.122. The highest BCUT2D eigenvalue weighted by atomic mass is 16.1. The molecule has 6 heteroatoms. The van der Waals surface area contributed by atoms with Crippen molar-refractivity contribution in [1.82, 2.24) is 4.98 Å². The molecule has 1 aliphatic carbocycles. The number of pyridine rings is 1. The van der Waals surface area contributed by atoms with Crippen LogP contribution in [0.25, 0.3) is 0 Å². The number of hydrogen-bond acceptors (Lipinski definition) is 5. The molecule has 1 aromatic rings. The lowest BCUT2D eigenvalue weighted by molar-refractivity contribution is -0.120. The van der Waals surface area contributed by atoms with Crippen molar-refractivity contribution < 1.29 is 4.79 Å². The lowest BCUT2D eigenvalue weighted by atomic mass is 9.90. The van der Waals surface area contributed by atoms with E-state index in [2.05, 4.69) is 20.6 Å². The Morgan fingerprint density at radius 2 is 1.69 bits per heavy atom. The summed E-state index contributed by atoms with van der Waals surface area (Å²) < 4.78 is 0. The maximum Gasteiger partial charge on any atom is 0.227 e. The topological polar surface area (TPSA) is 83.3 Å². The zero-order valence-electron chi connectivity index (χ0n) is 16.0. The Bertz CT molecular complexity index is 604. The van der Waals surface area contributed by atoms with E-state index in [-0.39, 0.29) is 11.8 Å². The number of hydrazine groups is 1. The Kier molecular flexibility index (Phi) is 6.72. The van der Waals surface area contributed by atoms with Crippen molar-refractivity contribution in [2.45, 2.75) is 71.1 Å². The molecule has 1 aliphatic heterocycles. The molecule has 0 unspecified atom stereocenters. The molecule has 2 heterocycles. The number of carbonyl (C=O) groups is 1. The minimum atomic E-state index is 0.122. The highest BCUT2D eigenvalue weighted by molar-refractivity contribution is 5.96. The number of carbonyl (C=O) groups excluding carboxylic acids is 1. The second kappa shape index (κ2) is 9.21. The first-order valence-electron chi connectivity index (χ1n) is 10.2. The minimum Gasteiger partial charge on any atom is -0.369 e. The lowest BCUT2D eigenvalue weighted by Crippen LogP contribution is -2.32. The monoisotopic (exact) mass is 359 g/mol. The fraction of sp³-hybridized carbons (Fsp3) is 0.700. The third-order valence-electron chi connectivity index (χ3n) is 5.83. The van der Waals surface area contributed by atoms with Gasteiger partial charge < -0.3 is 15.6 Å². The molecule has 0 spiro atoms. The molecule has 0 radical (unpaired) electrons. The van der Waals surface area contributed by atoms with Gasteiger partial charge in [0, 0.05) is 24.6 Å². The number of nitrogens with zero attached hydrogens (tertiary/aromatic N) is 2. The third-order valence-corrected chi connectivity index (χ3v) is 5.83. The number of rotatable bonds is 4. The largest absolute Gasteiger partial charge is 0.369 e. The molecule has 1 saturated heterocycles. The van der Waals surface area contributed by atoms with E-state index in [1.807, 2.05) is 6.92 Å². The van der Waals surface area contributed by atoms with Gasteiger partial charge in [0.15, 0.2) is 0 Å². The molecule has 144 valence electrons. The molecule has 2 fully saturated rings. The van der Waals surface area contributed by atoms with Gasteiger partial charge >= 0.3 is 0 Å². The van der Waals surface area contributed by atoms with Crippen LogP contribution in [0.3, 0.4) is 0 Å². The van der Waals surface area contributed by atoms with Crippen LogP contribution in [0.15, 0.2) is 6.20 Å². The molecule has 4 N–H and O–H groups in total. The summed E-state index contributed by atoms with van der Waals surface area (Å²) in [7, 11) is 0. The summed E-state index contributed by atoms with van der Waals surface area (Å²) in [6.07, 6.45) is 13.5. The highest BCUT2D eigenvalue weighted by Gasteiger charge is 2.24. The zero-order chi connectivity index (χ0) is 18.4. The maximum atomic E-state index is 12.9. The van der Waals surface area contributed by atoms with Gasteiger partial charge in [-0.15, -0.1) is 0 Å². The molecule has 26 heavy (non-hydrogen) atoms. The first-order valence-corrected chi connectivity index (χ1v) is 10.2. The van der Waals surface area contributed by atoms with Gasteiger partial charge in [-0.1, -0.05) is 32.1 Å². The van der Waals surface area contributed by atoms with Gasteiger partial charge in [0.2, 0.25) is 5.91 Å². The normalized spacial score (nSPS) is 19.5. The van der Waals surface area contributed by atoms with Crippen LogP contribution in [0.4, 0.5) is 17.2 Å². The van der Waals surface area contributed by atoms with Crippen LogP contribution in [-0.4, -0.2) is 24.0 Å². The predicted molar refractivity (Wildman–Crippen MR) is 107 cm³/mol. The van der Waals surface area contributed by atoms with Crippen LogP contribution in [0, 0.1) is 12.8 Å². The number of nitrogen functional groups attached to an aromatic ring is 1. The summed E-state index contributed by atoms with van der Waals surface area (Å²) in [6, 6.07) is 0. The average Bonchev–Trinajstić information content (AvgIpc) is 2.62. The van der Waals surface area contributed by atoms with E-state index in [4.69, 9.17) is 5.84 Å². The summed E-state index contributed by atoms with van der Waals surface area (Å²) in [6.45, 7) is 4.06. The molecular formula is C20H33N5O. The molecule has 1 saturated carbocycles. The summed E-state index contributed by atoms with van der Waals surface area (Å²) in [5, 5.41) is 3.21. The Labute approximate surface area is 156 Å². The molecule has 1 amide bonds. The van der Waals surface area contributed by atoms with E-state index in [1.165, 1.54) is 38.5 Å². The van der Waals surface area contributed by atoms with Gasteiger partial charge in [-0.25, -0.2) is 10.8 Å². The van der Waals surface area contributed by atoms with E-state index >= 15 is 0 Å². The number of nitrogens with one attached hydrogen (secondary N) is 2. The van der Waals surface area contributed by atoms with E-state index in [0.717, 1.165) is 55.7 Å². The van der Waals surface area contributed by atoms with Crippen LogP contribution < -0.4 is 21.5 Å². The van der Waals surface area contributed by atoms with Crippen molar-refractivity contribution in [2.75, 3.05) is 28.7 Å². The summed E-state index contributed by atoms with van der Waals surface area (Å²) in [5.74, 6) is 6.58. The molecule has 0 bridgehead atoms. The van der Waals surface area contributed by atoms with Crippen molar-refractivity contribution in [3.63, 3.8) is 0 Å². The van der Waals surface area contributed by atoms with Crippen molar-refractivity contribution in [3.05, 3.63) is 11.8 Å². The number of piperidine rings is 1. The van der Waals surface area contributed by atoms with Gasteiger partial charge in [0.1, 0.15) is 5.82 Å². The Hall–Kier alpha value is -1.82. The van der Waals surface area contributed by atoms with E-state index in [1.54, 1.807) is 6.20 Å². The zero-order valence-corrected chi connectivity index (χ0v) is 16.0. The second-order valence-corrected chi connectivity index (χ2v) is 7.72. The quantitative estimate of drug-likeness (QED) is 0.560. The van der Waals surface area contributed by atoms with Crippen LogP contribution in [0.5, 0.6) is 0 Å². The van der Waals surface area contributed by atoms with E-state index < -0.39 is 0 Å². The molecule has 1 aromatic heterocycles. The Balaban J connectivity index is 1.81. The standard InChI is InChI=1S/C20H33N5O/c1-15-18(25-12-8-5-9-13-25)17(14-22-19(15)24-21)23-20(26)16-10-6-3-2-4-7-11-16/h14,16H,2-13,21H2,1H3,(H,22,24)(H,23,26). The van der Waals surface area contributed by atoms with Crippen LogP contribution in [0.1, 0.15) is 69.8 Å². The number of amides is 1. The average molecular weight is 360 g/mol. The van der Waals surface area contributed by atoms with E-state index in [0.29, 0.717) is 5.82 Å². The van der Waals surface area contributed by atoms with E-state index in [9.17, 15) is 4.79 Å². The fourth-order valence-corrected chi connectivity index (χ4v) is 4.32. The van der Waals surface area contributed by atoms with Gasteiger partial charge in [0.05, 0.1) is 17.6 Å². The van der Waals surface area contributed by atoms with Crippen molar-refractivity contribution in [1.29, 1.82) is 0 Å². The summed E-state index contributed by atoms with van der Waals surface area (Å²) >= 11 is 0. The fourth-order valence-electron chi connectivity index (χ4n) is 4.32. The van der Waals surface area contributed by atoms with Crippen LogP contribution >= 0.6 is 0 Å². The first kappa shape index (κ1) is 19.0. The van der Waals surface area contributed by atoms with Gasteiger partial charge in [-0.2, -0.15) is 0 Å². The van der Waals surface area contributed by atoms with Gasteiger partial charge in [-0.3, -0.25) is 4.79 Å². The van der Waals surface area contributed by atoms with Gasteiger partial charge in [-0.05, 0) is 39.0 Å². The van der Waals surface area contributed by atoms with Crippen LogP contribution in [-0.2, 0) is 4.79 Å². The predicted octanol–water partition coefficient (Wildman–Crippen LogP) is 3.96. The summed E-state index contributed by atoms with van der Waals surface area (Å²) in [4.78, 5) is 19.7. The van der Waals surface area contributed by atoms with Crippen LogP contribution in [0.2, 0.25) is 0 Å². The SMILES string of the molecule is Cc1c(NN)ncc(NC(=O)C2CCCCCCC2)c1N1CCCCC1. The molecule has 0 aromatic carbocycles. The number of hydrogen-bond donors (Lipinski definition) is 3. The number of nitrogens with two attached hydrogens (primary N) is 1. The van der Waals surface area contributed by atoms with Crippen molar-refractivity contribution in [3.8, 4) is 0 Å². The van der Waals surface area contributed by atoms with Crippen molar-refractivity contribution >= 4 is 23.1 Å². The lowest BCUT2D eigenvalue weighted by Gasteiger charge is -2.32. The molecule has 2 aliphatic rings. The number of anilines is 3. The Morgan fingerprint density at radius 3 is 2.35 bits per heavy atom. The number of aromatic nitrogens is 1.